The van der Waals surface area contributed by atoms with E-state index < -0.39 is 40.3 Å². The van der Waals surface area contributed by atoms with Gasteiger partial charge in [-0.2, -0.15) is 0 Å². The van der Waals surface area contributed by atoms with Crippen LogP contribution in [0.4, 0.5) is 15.3 Å². The fourth-order valence-electron chi connectivity index (χ4n) is 3.60. The lowest BCUT2D eigenvalue weighted by molar-refractivity contribution is -0.384. The molecule has 2 aromatic carbocycles. The van der Waals surface area contributed by atoms with Gasteiger partial charge in [0.15, 0.2) is 5.82 Å². The van der Waals surface area contributed by atoms with E-state index in [-0.39, 0.29) is 51.1 Å². The summed E-state index contributed by atoms with van der Waals surface area (Å²) in [6.07, 6.45) is -1.81. The van der Waals surface area contributed by atoms with Crippen LogP contribution >= 0.6 is 0 Å². The molecule has 0 aliphatic rings. The van der Waals surface area contributed by atoms with Gasteiger partial charge in [-0.05, 0) is 62.7 Å². The Morgan fingerprint density at radius 3 is 2.31 bits per heavy atom. The van der Waals surface area contributed by atoms with Crippen molar-refractivity contribution in [2.24, 2.45) is 0 Å². The molecule has 1 aromatic heterocycles. The lowest BCUT2D eigenvalue weighted by Gasteiger charge is -2.29. The monoisotopic (exact) mass is 629 g/mol. The predicted octanol–water partition coefficient (Wildman–Crippen LogP) is 4.11. The van der Waals surface area contributed by atoms with Crippen LogP contribution in [0.2, 0.25) is 0 Å². The number of amides is 2. The first-order valence-corrected chi connectivity index (χ1v) is 13.5. The minimum absolute atomic E-state index is 0. The molecule has 0 radical (unpaired) electrons. The molecule has 0 saturated carbocycles. The van der Waals surface area contributed by atoms with E-state index in [1.54, 1.807) is 20.8 Å². The minimum atomic E-state index is -1.39. The van der Waals surface area contributed by atoms with Gasteiger partial charge in [0.1, 0.15) is 29.5 Å². The van der Waals surface area contributed by atoms with Crippen LogP contribution in [0.5, 0.6) is 5.75 Å². The minimum Gasteiger partial charge on any atom is -0.444 e. The number of carbonyl (C=O) groups excluding carboxylic acids is 3. The van der Waals surface area contributed by atoms with Gasteiger partial charge in [-0.15, -0.1) is 5.10 Å². The number of rotatable bonds is 13. The van der Waals surface area contributed by atoms with Gasteiger partial charge in [0.25, 0.3) is 5.69 Å². The number of alkyl carbamates (subject to hydrolysis) is 1. The van der Waals surface area contributed by atoms with Crippen LogP contribution in [-0.2, 0) is 32.2 Å². The average molecular weight is 630 g/mol. The van der Waals surface area contributed by atoms with E-state index in [1.807, 2.05) is 30.3 Å². The smallest absolute Gasteiger partial charge is 0.444 e. The van der Waals surface area contributed by atoms with E-state index in [0.29, 0.717) is 0 Å². The number of aromatic nitrogens is 4. The van der Waals surface area contributed by atoms with Crippen molar-refractivity contribution in [3.8, 4) is 5.75 Å². The zero-order valence-electron chi connectivity index (χ0n) is 25.0. The summed E-state index contributed by atoms with van der Waals surface area (Å²) in [6.45, 7) is 8.14. The third-order valence-corrected chi connectivity index (χ3v) is 5.73. The van der Waals surface area contributed by atoms with E-state index in [4.69, 9.17) is 18.9 Å². The number of ether oxygens (including phenoxy) is 4. The van der Waals surface area contributed by atoms with Crippen LogP contribution in [0.3, 0.4) is 0 Å². The molecule has 244 valence electrons. The van der Waals surface area contributed by atoms with Crippen molar-refractivity contribution in [3.05, 3.63) is 76.1 Å². The molecular weight excluding hydrogens is 590 g/mol. The first-order valence-electron chi connectivity index (χ1n) is 13.5. The van der Waals surface area contributed by atoms with Crippen LogP contribution in [0.15, 0.2) is 54.6 Å². The second kappa shape index (κ2) is 16.1. The Hall–Kier alpha value is -5.12. The number of non-ortho nitro benzene ring substituents is 1. The SMILES string of the molecule is C.CC(C)(C)OC(=O)NC(C)(C)C(=O)N[C@H](COCc1ccccc1)c1nnnn1CCOC(=O)Oc1ccc([N+](=O)[O-])cc1. The van der Waals surface area contributed by atoms with Crippen molar-refractivity contribution in [3.63, 3.8) is 0 Å². The van der Waals surface area contributed by atoms with Gasteiger partial charge < -0.3 is 29.6 Å². The maximum Gasteiger partial charge on any atom is 0.513 e. The van der Waals surface area contributed by atoms with Crippen LogP contribution in [0.25, 0.3) is 0 Å². The van der Waals surface area contributed by atoms with Gasteiger partial charge in [0, 0.05) is 12.1 Å². The zero-order valence-corrected chi connectivity index (χ0v) is 25.0. The molecule has 0 aliphatic heterocycles. The van der Waals surface area contributed by atoms with Gasteiger partial charge in [-0.3, -0.25) is 14.9 Å². The summed E-state index contributed by atoms with van der Waals surface area (Å²) in [4.78, 5) is 48.0. The van der Waals surface area contributed by atoms with Crippen molar-refractivity contribution in [2.45, 2.75) is 72.4 Å². The zero-order chi connectivity index (χ0) is 32.3. The second-order valence-corrected chi connectivity index (χ2v) is 11.0. The molecule has 1 atom stereocenters. The molecule has 0 bridgehead atoms. The summed E-state index contributed by atoms with van der Waals surface area (Å²) in [6, 6.07) is 13.4. The quantitative estimate of drug-likeness (QED) is 0.119. The molecule has 0 saturated heterocycles. The number of nitro benzene ring substituents is 1. The summed E-state index contributed by atoms with van der Waals surface area (Å²) in [7, 11) is 0. The third-order valence-electron chi connectivity index (χ3n) is 5.73. The Bertz CT molecular complexity index is 1420. The lowest BCUT2D eigenvalue weighted by Crippen LogP contribution is -2.56. The Kier molecular flexibility index (Phi) is 12.9. The van der Waals surface area contributed by atoms with Crippen molar-refractivity contribution >= 4 is 23.8 Å². The second-order valence-electron chi connectivity index (χ2n) is 11.0. The van der Waals surface area contributed by atoms with E-state index in [1.165, 1.54) is 42.8 Å². The maximum absolute atomic E-state index is 13.3. The molecule has 0 aliphatic carbocycles. The number of nitro groups is 1. The van der Waals surface area contributed by atoms with Gasteiger partial charge in [0.05, 0.1) is 24.7 Å². The number of nitrogens with one attached hydrogen (secondary N) is 2. The molecule has 0 fully saturated rings. The first kappa shape index (κ1) is 36.1. The molecule has 0 spiro atoms. The normalized spacial score (nSPS) is 11.8. The van der Waals surface area contributed by atoms with Gasteiger partial charge in [0.2, 0.25) is 5.91 Å². The summed E-state index contributed by atoms with van der Waals surface area (Å²) in [5, 5.41) is 27.8. The van der Waals surface area contributed by atoms with Crippen molar-refractivity contribution in [1.82, 2.24) is 30.8 Å². The average Bonchev–Trinajstić information content (AvgIpc) is 3.40. The molecule has 45 heavy (non-hydrogen) atoms. The number of carbonyl (C=O) groups is 3. The molecule has 0 unspecified atom stereocenters. The van der Waals surface area contributed by atoms with Crippen molar-refractivity contribution < 1.29 is 38.3 Å². The highest BCUT2D eigenvalue weighted by atomic mass is 16.7. The number of tetrazole rings is 1. The highest BCUT2D eigenvalue weighted by Gasteiger charge is 2.34. The molecular formula is C29H39N7O9. The molecule has 1 heterocycles. The van der Waals surface area contributed by atoms with E-state index in [2.05, 4.69) is 26.2 Å². The largest absolute Gasteiger partial charge is 0.513 e. The topological polar surface area (TPSA) is 199 Å². The molecule has 3 aromatic rings. The van der Waals surface area contributed by atoms with E-state index in [0.717, 1.165) is 5.56 Å². The van der Waals surface area contributed by atoms with Crippen LogP contribution in [-0.4, -0.2) is 67.6 Å². The third kappa shape index (κ3) is 11.8. The van der Waals surface area contributed by atoms with Crippen molar-refractivity contribution in [1.29, 1.82) is 0 Å². The van der Waals surface area contributed by atoms with Gasteiger partial charge in [-0.25, -0.2) is 14.3 Å². The fraction of sp³-hybridized carbons (Fsp3) is 0.448. The highest BCUT2D eigenvalue weighted by molar-refractivity contribution is 5.89. The van der Waals surface area contributed by atoms with Crippen LogP contribution in [0, 0.1) is 10.1 Å². The molecule has 16 nitrogen and oxygen atoms in total. The Morgan fingerprint density at radius 2 is 1.69 bits per heavy atom. The number of nitrogens with zero attached hydrogens (tertiary/aromatic N) is 5. The Balaban J connectivity index is 0.00000705. The van der Waals surface area contributed by atoms with E-state index in [9.17, 15) is 24.5 Å². The van der Waals surface area contributed by atoms with Crippen LogP contribution in [0.1, 0.15) is 59.5 Å². The fourth-order valence-corrected chi connectivity index (χ4v) is 3.60. The highest BCUT2D eigenvalue weighted by Crippen LogP contribution is 2.18. The standard InChI is InChI=1S/C28H35N7O9.CH4/c1-27(2,3)44-25(37)30-28(4,5)24(36)29-22(18-41-17-19-9-7-6-8-10-19)23-31-32-33-34(23)15-16-42-26(38)43-21-13-11-20(12-14-21)35(39)40;/h6-14,22H,15-18H2,1-5H3,(H,29,36)(H,30,37);1H4/t22-;/m1./s1. The Morgan fingerprint density at radius 1 is 1.02 bits per heavy atom. The maximum atomic E-state index is 13.3. The number of hydrogen-bond donors (Lipinski definition) is 2. The summed E-state index contributed by atoms with van der Waals surface area (Å²) in [5.74, 6) is -0.300. The summed E-state index contributed by atoms with van der Waals surface area (Å²) in [5.41, 5.74) is -1.40. The molecule has 16 heteroatoms. The Labute approximate surface area is 260 Å². The van der Waals surface area contributed by atoms with Gasteiger partial charge >= 0.3 is 12.2 Å². The molecule has 2 N–H and O–H groups in total. The molecule has 3 rings (SSSR count). The number of benzene rings is 2. The van der Waals surface area contributed by atoms with Crippen LogP contribution < -0.4 is 15.4 Å². The predicted molar refractivity (Wildman–Crippen MR) is 160 cm³/mol. The van der Waals surface area contributed by atoms with E-state index >= 15 is 0 Å². The molecule has 2 amide bonds. The van der Waals surface area contributed by atoms with Gasteiger partial charge in [-0.1, -0.05) is 37.8 Å². The number of hydrogen-bond acceptors (Lipinski definition) is 12. The van der Waals surface area contributed by atoms with Crippen molar-refractivity contribution in [2.75, 3.05) is 13.2 Å². The lowest BCUT2D eigenvalue weighted by atomic mass is 10.0. The first-order chi connectivity index (χ1) is 20.7. The summed E-state index contributed by atoms with van der Waals surface area (Å²) >= 11 is 0. The summed E-state index contributed by atoms with van der Waals surface area (Å²) < 4.78 is 22.6.